The molecule has 1 aromatic heterocycles. The lowest BCUT2D eigenvalue weighted by Crippen LogP contribution is -2.30. The maximum Gasteiger partial charge on any atom is 0.338 e. The molecule has 0 spiro atoms. The van der Waals surface area contributed by atoms with Crippen LogP contribution in [0.4, 0.5) is 0 Å². The van der Waals surface area contributed by atoms with Crippen molar-refractivity contribution in [3.05, 3.63) is 45.1 Å². The molecule has 1 atom stereocenters. The summed E-state index contributed by atoms with van der Waals surface area (Å²) in [7, 11) is 1.45. The van der Waals surface area contributed by atoms with Gasteiger partial charge < -0.3 is 19.5 Å². The Morgan fingerprint density at radius 2 is 2.00 bits per heavy atom. The van der Waals surface area contributed by atoms with Crippen molar-refractivity contribution in [1.29, 1.82) is 0 Å². The summed E-state index contributed by atoms with van der Waals surface area (Å²) in [4.78, 5) is 25.3. The molecule has 2 aromatic rings. The number of esters is 1. The first-order chi connectivity index (χ1) is 12.8. The second kappa shape index (κ2) is 9.62. The van der Waals surface area contributed by atoms with Crippen LogP contribution >= 0.6 is 22.9 Å². The Morgan fingerprint density at radius 3 is 2.59 bits per heavy atom. The highest BCUT2D eigenvalue weighted by Crippen LogP contribution is 2.37. The van der Waals surface area contributed by atoms with Crippen LogP contribution in [0.15, 0.2) is 29.6 Å². The van der Waals surface area contributed by atoms with E-state index in [1.807, 2.05) is 38.3 Å². The number of carbonyl (C=O) groups excluding carboxylic acids is 2. The molecule has 0 bridgehead atoms. The highest BCUT2D eigenvalue weighted by atomic mass is 35.5. The van der Waals surface area contributed by atoms with Crippen LogP contribution in [0.1, 0.15) is 42.0 Å². The first-order valence-electron chi connectivity index (χ1n) is 8.36. The van der Waals surface area contributed by atoms with E-state index in [9.17, 15) is 9.59 Å². The van der Waals surface area contributed by atoms with Crippen molar-refractivity contribution >= 4 is 34.8 Å². The van der Waals surface area contributed by atoms with Crippen LogP contribution in [-0.2, 0) is 9.53 Å². The molecule has 0 saturated heterocycles. The van der Waals surface area contributed by atoms with E-state index in [2.05, 4.69) is 5.32 Å². The van der Waals surface area contributed by atoms with Gasteiger partial charge in [-0.25, -0.2) is 4.79 Å². The van der Waals surface area contributed by atoms with Crippen LogP contribution in [0.3, 0.4) is 0 Å². The van der Waals surface area contributed by atoms with E-state index in [4.69, 9.17) is 25.8 Å². The number of nitrogens with one attached hydrogen (secondary N) is 1. The van der Waals surface area contributed by atoms with Crippen LogP contribution in [0.5, 0.6) is 11.5 Å². The lowest BCUT2D eigenvalue weighted by molar-refractivity contribution is -0.124. The maximum atomic E-state index is 12.3. The van der Waals surface area contributed by atoms with E-state index in [1.54, 1.807) is 11.3 Å². The van der Waals surface area contributed by atoms with Crippen molar-refractivity contribution < 1.29 is 23.8 Å². The second-order valence-electron chi connectivity index (χ2n) is 6.04. The van der Waals surface area contributed by atoms with E-state index in [1.165, 1.54) is 19.2 Å². The summed E-state index contributed by atoms with van der Waals surface area (Å²) in [5.74, 6) is -0.389. The van der Waals surface area contributed by atoms with Gasteiger partial charge in [0.2, 0.25) is 0 Å². The predicted octanol–water partition coefficient (Wildman–Crippen LogP) is 4.23. The third-order valence-corrected chi connectivity index (χ3v) is 4.84. The summed E-state index contributed by atoms with van der Waals surface area (Å²) in [5, 5.41) is 4.94. The Balaban J connectivity index is 1.99. The number of benzene rings is 1. The van der Waals surface area contributed by atoms with E-state index >= 15 is 0 Å². The van der Waals surface area contributed by atoms with Gasteiger partial charge in [-0.15, -0.1) is 11.3 Å². The Bertz CT molecular complexity index is 792. The van der Waals surface area contributed by atoms with Crippen LogP contribution in [0.25, 0.3) is 0 Å². The molecule has 27 heavy (non-hydrogen) atoms. The smallest absolute Gasteiger partial charge is 0.338 e. The zero-order valence-corrected chi connectivity index (χ0v) is 17.1. The molecule has 0 aliphatic heterocycles. The van der Waals surface area contributed by atoms with Gasteiger partial charge in [-0.1, -0.05) is 17.7 Å². The molecule has 6 nitrogen and oxygen atoms in total. The SMILES string of the molecule is COc1cc(C(=O)OCC(=O)N[C@@H](C)c2cccs2)cc(Cl)c1OC(C)C. The molecule has 1 amide bonds. The topological polar surface area (TPSA) is 73.9 Å². The van der Waals surface area contributed by atoms with Crippen molar-refractivity contribution in [3.8, 4) is 11.5 Å². The number of hydrogen-bond donors (Lipinski definition) is 1. The van der Waals surface area contributed by atoms with Gasteiger partial charge in [0.05, 0.1) is 29.8 Å². The van der Waals surface area contributed by atoms with Crippen LogP contribution in [0.2, 0.25) is 5.02 Å². The molecule has 0 unspecified atom stereocenters. The standard InChI is InChI=1S/C19H22ClNO5S/c1-11(2)26-18-14(20)8-13(9-15(18)24-4)19(23)25-10-17(22)21-12(3)16-6-5-7-27-16/h5-9,11-12H,10H2,1-4H3,(H,21,22)/t12-/m0/s1. The normalized spacial score (nSPS) is 11.8. The van der Waals surface area contributed by atoms with Crippen LogP contribution in [-0.4, -0.2) is 31.7 Å². The summed E-state index contributed by atoms with van der Waals surface area (Å²) in [6, 6.07) is 6.58. The fraction of sp³-hybridized carbons (Fsp3) is 0.368. The van der Waals surface area contributed by atoms with E-state index in [0.29, 0.717) is 11.5 Å². The van der Waals surface area contributed by atoms with E-state index < -0.39 is 12.6 Å². The van der Waals surface area contributed by atoms with Crippen molar-refractivity contribution in [1.82, 2.24) is 5.32 Å². The fourth-order valence-electron chi connectivity index (χ4n) is 2.29. The lowest BCUT2D eigenvalue weighted by Gasteiger charge is -2.16. The van der Waals surface area contributed by atoms with Gasteiger partial charge in [0.15, 0.2) is 18.1 Å². The van der Waals surface area contributed by atoms with Crippen LogP contribution < -0.4 is 14.8 Å². The minimum absolute atomic E-state index is 0.108. The van der Waals surface area contributed by atoms with Crippen molar-refractivity contribution in [2.24, 2.45) is 0 Å². The summed E-state index contributed by atoms with van der Waals surface area (Å²) in [6.07, 6.45) is -0.108. The summed E-state index contributed by atoms with van der Waals surface area (Å²) in [6.45, 7) is 5.18. The number of thiophene rings is 1. The molecule has 0 aliphatic carbocycles. The number of amides is 1. The largest absolute Gasteiger partial charge is 0.493 e. The first kappa shape index (κ1) is 21.1. The second-order valence-corrected chi connectivity index (χ2v) is 7.42. The van der Waals surface area contributed by atoms with E-state index in [-0.39, 0.29) is 28.6 Å². The van der Waals surface area contributed by atoms with Crippen molar-refractivity contribution in [3.63, 3.8) is 0 Å². The van der Waals surface area contributed by atoms with Crippen molar-refractivity contribution in [2.45, 2.75) is 32.9 Å². The zero-order chi connectivity index (χ0) is 20.0. The zero-order valence-electron chi connectivity index (χ0n) is 15.6. The Kier molecular flexibility index (Phi) is 7.50. The minimum Gasteiger partial charge on any atom is -0.493 e. The van der Waals surface area contributed by atoms with Crippen LogP contribution in [0, 0.1) is 0 Å². The molecule has 146 valence electrons. The van der Waals surface area contributed by atoms with Gasteiger partial charge in [0.1, 0.15) is 0 Å². The molecular weight excluding hydrogens is 390 g/mol. The van der Waals surface area contributed by atoms with Crippen molar-refractivity contribution in [2.75, 3.05) is 13.7 Å². The van der Waals surface area contributed by atoms with E-state index in [0.717, 1.165) is 4.88 Å². The minimum atomic E-state index is -0.676. The third-order valence-electron chi connectivity index (χ3n) is 3.50. The highest BCUT2D eigenvalue weighted by molar-refractivity contribution is 7.10. The number of methoxy groups -OCH3 is 1. The average molecular weight is 412 g/mol. The fourth-order valence-corrected chi connectivity index (χ4v) is 3.28. The Morgan fingerprint density at radius 1 is 1.26 bits per heavy atom. The highest BCUT2D eigenvalue weighted by Gasteiger charge is 2.19. The molecule has 0 radical (unpaired) electrons. The molecule has 8 heteroatoms. The Hall–Kier alpha value is -2.25. The third kappa shape index (κ3) is 5.87. The summed E-state index contributed by atoms with van der Waals surface area (Å²) >= 11 is 7.74. The maximum absolute atomic E-state index is 12.3. The number of hydrogen-bond acceptors (Lipinski definition) is 6. The monoisotopic (exact) mass is 411 g/mol. The lowest BCUT2D eigenvalue weighted by atomic mass is 10.2. The molecule has 2 rings (SSSR count). The summed E-state index contributed by atoms with van der Waals surface area (Å²) < 4.78 is 15.9. The summed E-state index contributed by atoms with van der Waals surface area (Å²) in [5.41, 5.74) is 0.173. The average Bonchev–Trinajstić information content (AvgIpc) is 3.15. The predicted molar refractivity (Wildman–Crippen MR) is 105 cm³/mol. The Labute approximate surface area is 167 Å². The molecule has 1 aromatic carbocycles. The number of carbonyl (C=O) groups is 2. The van der Waals surface area contributed by atoms with Gasteiger partial charge in [0, 0.05) is 4.88 Å². The number of halogens is 1. The molecular formula is C19H22ClNO5S. The van der Waals surface area contributed by atoms with Gasteiger partial charge >= 0.3 is 5.97 Å². The van der Waals surface area contributed by atoms with Gasteiger partial charge in [-0.2, -0.15) is 0 Å². The molecule has 0 aliphatic rings. The molecule has 0 fully saturated rings. The molecule has 1 heterocycles. The quantitative estimate of drug-likeness (QED) is 0.658. The molecule has 1 N–H and O–H groups in total. The molecule has 0 saturated carbocycles. The number of ether oxygens (including phenoxy) is 3. The van der Waals surface area contributed by atoms with Gasteiger partial charge in [-0.3, -0.25) is 4.79 Å². The first-order valence-corrected chi connectivity index (χ1v) is 9.61. The van der Waals surface area contributed by atoms with Gasteiger partial charge in [-0.05, 0) is 44.4 Å². The van der Waals surface area contributed by atoms with Gasteiger partial charge in [0.25, 0.3) is 5.91 Å². The number of rotatable bonds is 8.